The van der Waals surface area contributed by atoms with Gasteiger partial charge in [-0.3, -0.25) is 9.48 Å². The van der Waals surface area contributed by atoms with Gasteiger partial charge in [-0.1, -0.05) is 25.1 Å². The van der Waals surface area contributed by atoms with Gasteiger partial charge >= 0.3 is 0 Å². The van der Waals surface area contributed by atoms with Crippen molar-refractivity contribution in [3.05, 3.63) is 41.7 Å². The first-order valence-electron chi connectivity index (χ1n) is 9.63. The van der Waals surface area contributed by atoms with Crippen molar-refractivity contribution in [3.8, 4) is 0 Å². The molecule has 1 fully saturated rings. The number of sulfonamides is 1. The highest BCUT2D eigenvalue weighted by molar-refractivity contribution is 7.89. The number of amides is 1. The minimum absolute atomic E-state index is 0.224. The summed E-state index contributed by atoms with van der Waals surface area (Å²) in [6.07, 6.45) is 1.72. The molecule has 1 atom stereocenters. The van der Waals surface area contributed by atoms with Crippen molar-refractivity contribution in [3.63, 3.8) is 0 Å². The number of rotatable bonds is 5. The molecular formula is C20H28N4O3S. The van der Waals surface area contributed by atoms with E-state index in [9.17, 15) is 13.2 Å². The summed E-state index contributed by atoms with van der Waals surface area (Å²) < 4.78 is 29.5. The van der Waals surface area contributed by atoms with Crippen LogP contribution in [-0.4, -0.2) is 41.5 Å². The molecule has 2 aromatic rings. The van der Waals surface area contributed by atoms with Gasteiger partial charge in [-0.25, -0.2) is 8.42 Å². The molecule has 1 aliphatic heterocycles. The number of nitrogens with one attached hydrogen (secondary N) is 1. The lowest BCUT2D eigenvalue weighted by molar-refractivity contribution is -0.119. The number of nitrogens with zero attached hydrogens (tertiary/aromatic N) is 3. The van der Waals surface area contributed by atoms with Crippen LogP contribution in [0.5, 0.6) is 0 Å². The lowest BCUT2D eigenvalue weighted by Crippen LogP contribution is -2.38. The molecule has 3 rings (SSSR count). The maximum absolute atomic E-state index is 13.2. The van der Waals surface area contributed by atoms with Crippen LogP contribution in [0.25, 0.3) is 0 Å². The number of benzene rings is 1. The first-order chi connectivity index (χ1) is 13.2. The van der Waals surface area contributed by atoms with Crippen LogP contribution < -0.4 is 5.32 Å². The number of piperidine rings is 1. The van der Waals surface area contributed by atoms with E-state index in [2.05, 4.69) is 17.3 Å². The Kier molecular flexibility index (Phi) is 5.90. The highest BCUT2D eigenvalue weighted by Crippen LogP contribution is 2.29. The van der Waals surface area contributed by atoms with Gasteiger partial charge in [0.15, 0.2) is 0 Å². The quantitative estimate of drug-likeness (QED) is 0.830. The number of anilines is 1. The van der Waals surface area contributed by atoms with Crippen LogP contribution in [0, 0.1) is 19.8 Å². The molecule has 7 nitrogen and oxygen atoms in total. The van der Waals surface area contributed by atoms with Gasteiger partial charge in [0.25, 0.3) is 0 Å². The van der Waals surface area contributed by atoms with Gasteiger partial charge in [-0.2, -0.15) is 9.40 Å². The number of hydrogen-bond acceptors (Lipinski definition) is 4. The average molecular weight is 405 g/mol. The Morgan fingerprint density at radius 3 is 2.39 bits per heavy atom. The maximum atomic E-state index is 13.2. The van der Waals surface area contributed by atoms with Crippen molar-refractivity contribution in [1.29, 1.82) is 0 Å². The van der Waals surface area contributed by atoms with Crippen molar-refractivity contribution in [2.45, 2.75) is 51.5 Å². The molecule has 1 aliphatic rings. The van der Waals surface area contributed by atoms with E-state index in [4.69, 9.17) is 0 Å². The Balaban J connectivity index is 1.86. The van der Waals surface area contributed by atoms with E-state index in [1.54, 1.807) is 37.2 Å². The maximum Gasteiger partial charge on any atom is 0.248 e. The molecule has 0 radical (unpaired) electrons. The van der Waals surface area contributed by atoms with E-state index in [0.717, 1.165) is 12.8 Å². The molecule has 0 aliphatic carbocycles. The summed E-state index contributed by atoms with van der Waals surface area (Å²) in [6.45, 7) is 8.31. The largest absolute Gasteiger partial charge is 0.324 e. The summed E-state index contributed by atoms with van der Waals surface area (Å²) in [4.78, 5) is 12.9. The van der Waals surface area contributed by atoms with Crippen LogP contribution >= 0.6 is 0 Å². The fourth-order valence-corrected chi connectivity index (χ4v) is 5.46. The predicted molar refractivity (Wildman–Crippen MR) is 109 cm³/mol. The number of carbonyl (C=O) groups excluding carboxylic acids is 1. The number of aromatic nitrogens is 2. The first-order valence-corrected chi connectivity index (χ1v) is 11.1. The first kappa shape index (κ1) is 20.5. The number of hydrogen-bond donors (Lipinski definition) is 1. The Hall–Kier alpha value is -2.19. The molecule has 1 N–H and O–H groups in total. The molecule has 0 saturated carbocycles. The fraction of sp³-hybridized carbons (Fsp3) is 0.500. The fourth-order valence-electron chi connectivity index (χ4n) is 3.63. The van der Waals surface area contributed by atoms with Crippen molar-refractivity contribution >= 4 is 21.6 Å². The normalized spacial score (nSPS) is 17.4. The van der Waals surface area contributed by atoms with E-state index in [-0.39, 0.29) is 10.8 Å². The summed E-state index contributed by atoms with van der Waals surface area (Å²) in [7, 11) is -3.63. The average Bonchev–Trinajstić information content (AvgIpc) is 2.97. The second-order valence-electron chi connectivity index (χ2n) is 7.56. The molecule has 0 unspecified atom stereocenters. The van der Waals surface area contributed by atoms with Gasteiger partial charge in [0, 0.05) is 18.8 Å². The molecule has 1 aromatic heterocycles. The highest BCUT2D eigenvalue weighted by atomic mass is 32.2. The smallest absolute Gasteiger partial charge is 0.248 e. The van der Waals surface area contributed by atoms with E-state index >= 15 is 0 Å². The summed E-state index contributed by atoms with van der Waals surface area (Å²) in [6, 6.07) is 8.53. The molecule has 1 amide bonds. The van der Waals surface area contributed by atoms with Crippen LogP contribution in [0.15, 0.2) is 35.2 Å². The number of carbonyl (C=O) groups is 1. The Morgan fingerprint density at radius 2 is 1.79 bits per heavy atom. The van der Waals surface area contributed by atoms with Crippen LogP contribution in [0.1, 0.15) is 44.1 Å². The third kappa shape index (κ3) is 3.98. The van der Waals surface area contributed by atoms with E-state index in [1.807, 2.05) is 18.2 Å². The zero-order valence-corrected chi connectivity index (χ0v) is 17.7. The Bertz CT molecular complexity index is 945. The lowest BCUT2D eigenvalue weighted by atomic mass is 10.0. The third-order valence-electron chi connectivity index (χ3n) is 5.39. The molecule has 8 heteroatoms. The van der Waals surface area contributed by atoms with Gasteiger partial charge in [0.1, 0.15) is 10.9 Å². The molecule has 2 heterocycles. The van der Waals surface area contributed by atoms with E-state index in [1.165, 1.54) is 4.68 Å². The summed E-state index contributed by atoms with van der Waals surface area (Å²) >= 11 is 0. The molecule has 28 heavy (non-hydrogen) atoms. The standard InChI is InChI=1S/C20H28N4O3S/c1-14-10-12-23(13-11-14)28(26,27)19-15(2)22-24(16(19)3)17(4)20(25)21-18-8-6-5-7-9-18/h5-9,14,17H,10-13H2,1-4H3,(H,21,25)/t17-/m0/s1. The highest BCUT2D eigenvalue weighted by Gasteiger charge is 2.34. The van der Waals surface area contributed by atoms with Crippen LogP contribution in [-0.2, 0) is 14.8 Å². The number of aryl methyl sites for hydroxylation is 1. The second-order valence-corrected chi connectivity index (χ2v) is 9.44. The summed E-state index contributed by atoms with van der Waals surface area (Å²) in [5.41, 5.74) is 1.61. The van der Waals surface area contributed by atoms with Gasteiger partial charge in [0.05, 0.1) is 11.4 Å². The molecule has 1 saturated heterocycles. The molecule has 0 spiro atoms. The van der Waals surface area contributed by atoms with Crippen molar-refractivity contribution in [1.82, 2.24) is 14.1 Å². The molecule has 0 bridgehead atoms. The predicted octanol–water partition coefficient (Wildman–Crippen LogP) is 3.12. The lowest BCUT2D eigenvalue weighted by Gasteiger charge is -2.29. The zero-order chi connectivity index (χ0) is 20.5. The molecule has 152 valence electrons. The van der Waals surface area contributed by atoms with Crippen molar-refractivity contribution < 1.29 is 13.2 Å². The molecular weight excluding hydrogens is 376 g/mol. The van der Waals surface area contributed by atoms with Gasteiger partial charge in [0.2, 0.25) is 15.9 Å². The monoisotopic (exact) mass is 404 g/mol. The number of para-hydroxylation sites is 1. The third-order valence-corrected chi connectivity index (χ3v) is 7.54. The van der Waals surface area contributed by atoms with Crippen molar-refractivity contribution in [2.75, 3.05) is 18.4 Å². The topological polar surface area (TPSA) is 84.3 Å². The SMILES string of the molecule is Cc1nn([C@@H](C)C(=O)Nc2ccccc2)c(C)c1S(=O)(=O)N1CCC(C)CC1. The van der Waals surface area contributed by atoms with Gasteiger partial charge < -0.3 is 5.32 Å². The van der Waals surface area contributed by atoms with E-state index in [0.29, 0.717) is 36.1 Å². The van der Waals surface area contributed by atoms with E-state index < -0.39 is 16.1 Å². The minimum atomic E-state index is -3.63. The summed E-state index contributed by atoms with van der Waals surface area (Å²) in [5, 5.41) is 7.24. The molecule has 1 aromatic carbocycles. The Labute approximate surface area is 166 Å². The Morgan fingerprint density at radius 1 is 1.18 bits per heavy atom. The summed E-state index contributed by atoms with van der Waals surface area (Å²) in [5.74, 6) is 0.297. The van der Waals surface area contributed by atoms with Gasteiger partial charge in [-0.15, -0.1) is 0 Å². The van der Waals surface area contributed by atoms with Crippen LogP contribution in [0.4, 0.5) is 5.69 Å². The van der Waals surface area contributed by atoms with Crippen LogP contribution in [0.3, 0.4) is 0 Å². The second kappa shape index (κ2) is 8.05. The zero-order valence-electron chi connectivity index (χ0n) is 16.8. The van der Waals surface area contributed by atoms with Crippen molar-refractivity contribution in [2.24, 2.45) is 5.92 Å². The minimum Gasteiger partial charge on any atom is -0.324 e. The van der Waals surface area contributed by atoms with Crippen LogP contribution in [0.2, 0.25) is 0 Å². The van der Waals surface area contributed by atoms with Gasteiger partial charge in [-0.05, 0) is 51.7 Å².